The average molecular weight is 310 g/mol. The predicted octanol–water partition coefficient (Wildman–Crippen LogP) is 3.85. The van der Waals surface area contributed by atoms with E-state index in [1.807, 2.05) is 18.7 Å². The molecule has 3 nitrogen and oxygen atoms in total. The van der Waals surface area contributed by atoms with Gasteiger partial charge in [-0.3, -0.25) is 9.69 Å². The van der Waals surface area contributed by atoms with Crippen molar-refractivity contribution >= 4 is 16.7 Å². The molecular weight excluding hydrogens is 284 g/mol. The maximum absolute atomic E-state index is 12.5. The normalized spacial score (nSPS) is 18.4. The highest BCUT2D eigenvalue weighted by Gasteiger charge is 2.29. The number of benzene rings is 2. The van der Waals surface area contributed by atoms with Crippen LogP contribution >= 0.6 is 0 Å². The third kappa shape index (κ3) is 3.25. The van der Waals surface area contributed by atoms with E-state index in [1.165, 1.54) is 22.8 Å². The number of hydrogen-bond donors (Lipinski definition) is 0. The van der Waals surface area contributed by atoms with E-state index < -0.39 is 0 Å². The fourth-order valence-corrected chi connectivity index (χ4v) is 3.76. The van der Waals surface area contributed by atoms with Crippen LogP contribution in [-0.4, -0.2) is 41.9 Å². The average Bonchev–Trinajstić information content (AvgIpc) is 3.03. The van der Waals surface area contributed by atoms with Gasteiger partial charge in [-0.2, -0.15) is 0 Å². The highest BCUT2D eigenvalue weighted by Crippen LogP contribution is 2.35. The smallest absolute Gasteiger partial charge is 0.236 e. The minimum Gasteiger partial charge on any atom is -0.342 e. The Morgan fingerprint density at radius 2 is 1.87 bits per heavy atom. The van der Waals surface area contributed by atoms with Crippen molar-refractivity contribution in [2.75, 3.05) is 26.2 Å². The van der Waals surface area contributed by atoms with Gasteiger partial charge < -0.3 is 4.90 Å². The minimum atomic E-state index is 0.252. The highest BCUT2D eigenvalue weighted by molar-refractivity contribution is 5.86. The second-order valence-corrected chi connectivity index (χ2v) is 6.26. The number of nitrogens with zero attached hydrogens (tertiary/aromatic N) is 2. The summed E-state index contributed by atoms with van der Waals surface area (Å²) in [6.07, 6.45) is 2.30. The molecule has 0 bridgehead atoms. The van der Waals surface area contributed by atoms with E-state index in [1.54, 1.807) is 0 Å². The van der Waals surface area contributed by atoms with Gasteiger partial charge in [-0.15, -0.1) is 0 Å². The van der Waals surface area contributed by atoms with Gasteiger partial charge in [-0.05, 0) is 49.6 Å². The highest BCUT2D eigenvalue weighted by atomic mass is 16.2. The molecule has 2 aromatic rings. The first-order valence-corrected chi connectivity index (χ1v) is 8.74. The molecule has 1 aliphatic rings. The Kier molecular flexibility index (Phi) is 4.97. The summed E-state index contributed by atoms with van der Waals surface area (Å²) in [6, 6.07) is 15.5. The third-order valence-corrected chi connectivity index (χ3v) is 5.00. The van der Waals surface area contributed by atoms with Gasteiger partial charge in [0.25, 0.3) is 0 Å². The molecular formula is C20H26N2O. The van der Waals surface area contributed by atoms with Crippen molar-refractivity contribution < 1.29 is 4.79 Å². The van der Waals surface area contributed by atoms with E-state index in [0.717, 1.165) is 26.1 Å². The number of fused-ring (bicyclic) bond motifs is 1. The summed E-state index contributed by atoms with van der Waals surface area (Å²) in [5, 5.41) is 2.61. The van der Waals surface area contributed by atoms with Crippen LogP contribution in [0.5, 0.6) is 0 Å². The molecule has 1 aliphatic heterocycles. The van der Waals surface area contributed by atoms with E-state index in [2.05, 4.69) is 47.4 Å². The van der Waals surface area contributed by atoms with Gasteiger partial charge >= 0.3 is 0 Å². The van der Waals surface area contributed by atoms with E-state index >= 15 is 0 Å². The number of carbonyl (C=O) groups excluding carboxylic acids is 1. The van der Waals surface area contributed by atoms with Gasteiger partial charge in [0.1, 0.15) is 0 Å². The topological polar surface area (TPSA) is 23.6 Å². The Balaban J connectivity index is 1.85. The maximum atomic E-state index is 12.5. The molecule has 0 spiro atoms. The number of likely N-dealkylation sites (N-methyl/N-ethyl adjacent to an activating group) is 1. The Bertz CT molecular complexity index is 673. The van der Waals surface area contributed by atoms with Crippen molar-refractivity contribution in [1.82, 2.24) is 9.80 Å². The van der Waals surface area contributed by atoms with Crippen molar-refractivity contribution in [2.45, 2.75) is 32.7 Å². The van der Waals surface area contributed by atoms with Crippen LogP contribution in [0.2, 0.25) is 0 Å². The second-order valence-electron chi connectivity index (χ2n) is 6.26. The van der Waals surface area contributed by atoms with Crippen LogP contribution < -0.4 is 0 Å². The molecule has 3 heteroatoms. The van der Waals surface area contributed by atoms with Crippen LogP contribution in [0, 0.1) is 0 Å². The molecule has 1 amide bonds. The van der Waals surface area contributed by atoms with Crippen LogP contribution in [0.3, 0.4) is 0 Å². The standard InChI is InChI=1S/C20H26N2O/c1-3-21(4-2)20(23)15-22-14-8-13-19(22)18-12-7-10-16-9-5-6-11-17(16)18/h5-7,9-12,19H,3-4,8,13-15H2,1-2H3. The second kappa shape index (κ2) is 7.14. The van der Waals surface area contributed by atoms with Crippen molar-refractivity contribution in [3.63, 3.8) is 0 Å². The molecule has 1 unspecified atom stereocenters. The van der Waals surface area contributed by atoms with Crippen molar-refractivity contribution in [2.24, 2.45) is 0 Å². The largest absolute Gasteiger partial charge is 0.342 e. The first kappa shape index (κ1) is 16.0. The first-order chi connectivity index (χ1) is 11.2. The Hall–Kier alpha value is -1.87. The molecule has 1 atom stereocenters. The fraction of sp³-hybridized carbons (Fsp3) is 0.450. The lowest BCUT2D eigenvalue weighted by molar-refractivity contribution is -0.132. The molecule has 1 saturated heterocycles. The van der Waals surface area contributed by atoms with E-state index in [-0.39, 0.29) is 5.91 Å². The summed E-state index contributed by atoms with van der Waals surface area (Å²) in [5.74, 6) is 0.252. The Morgan fingerprint density at radius 1 is 1.13 bits per heavy atom. The molecule has 1 heterocycles. The minimum absolute atomic E-state index is 0.252. The summed E-state index contributed by atoms with van der Waals surface area (Å²) in [4.78, 5) is 16.8. The molecule has 2 aromatic carbocycles. The molecule has 3 rings (SSSR count). The summed E-state index contributed by atoms with van der Waals surface area (Å²) < 4.78 is 0. The quantitative estimate of drug-likeness (QED) is 0.837. The van der Waals surface area contributed by atoms with Crippen LogP contribution in [0.1, 0.15) is 38.3 Å². The lowest BCUT2D eigenvalue weighted by Gasteiger charge is -2.28. The molecule has 23 heavy (non-hydrogen) atoms. The lowest BCUT2D eigenvalue weighted by atomic mass is 9.97. The molecule has 0 saturated carbocycles. The van der Waals surface area contributed by atoms with Crippen molar-refractivity contribution in [3.8, 4) is 0 Å². The molecule has 0 aliphatic carbocycles. The van der Waals surface area contributed by atoms with Crippen LogP contribution in [0.4, 0.5) is 0 Å². The van der Waals surface area contributed by atoms with Crippen LogP contribution in [0.25, 0.3) is 10.8 Å². The van der Waals surface area contributed by atoms with Crippen molar-refractivity contribution in [3.05, 3.63) is 48.0 Å². The van der Waals surface area contributed by atoms with E-state index in [9.17, 15) is 4.79 Å². The first-order valence-electron chi connectivity index (χ1n) is 8.74. The number of carbonyl (C=O) groups is 1. The van der Waals surface area contributed by atoms with E-state index in [0.29, 0.717) is 12.6 Å². The number of rotatable bonds is 5. The van der Waals surface area contributed by atoms with Crippen LogP contribution in [0.15, 0.2) is 42.5 Å². The Morgan fingerprint density at radius 3 is 2.65 bits per heavy atom. The summed E-state index contributed by atoms with van der Waals surface area (Å²) in [7, 11) is 0. The van der Waals surface area contributed by atoms with Gasteiger partial charge in [0, 0.05) is 19.1 Å². The molecule has 0 radical (unpaired) electrons. The SMILES string of the molecule is CCN(CC)C(=O)CN1CCCC1c1cccc2ccccc12. The molecule has 0 aromatic heterocycles. The zero-order chi connectivity index (χ0) is 16.2. The van der Waals surface area contributed by atoms with Gasteiger partial charge in [-0.25, -0.2) is 0 Å². The number of likely N-dealkylation sites (tertiary alicyclic amines) is 1. The lowest BCUT2D eigenvalue weighted by Crippen LogP contribution is -2.40. The summed E-state index contributed by atoms with van der Waals surface area (Å²) in [6.45, 7) is 7.24. The van der Waals surface area contributed by atoms with Crippen molar-refractivity contribution in [1.29, 1.82) is 0 Å². The summed E-state index contributed by atoms with van der Waals surface area (Å²) in [5.41, 5.74) is 1.37. The monoisotopic (exact) mass is 310 g/mol. The van der Waals surface area contributed by atoms with Gasteiger partial charge in [0.2, 0.25) is 5.91 Å². The predicted molar refractivity (Wildman–Crippen MR) is 95.4 cm³/mol. The molecule has 1 fully saturated rings. The number of hydrogen-bond acceptors (Lipinski definition) is 2. The zero-order valence-electron chi connectivity index (χ0n) is 14.2. The van der Waals surface area contributed by atoms with Gasteiger partial charge in [0.15, 0.2) is 0 Å². The van der Waals surface area contributed by atoms with E-state index in [4.69, 9.17) is 0 Å². The van der Waals surface area contributed by atoms with Gasteiger partial charge in [-0.1, -0.05) is 42.5 Å². The molecule has 122 valence electrons. The fourth-order valence-electron chi connectivity index (χ4n) is 3.76. The summed E-state index contributed by atoms with van der Waals surface area (Å²) >= 11 is 0. The maximum Gasteiger partial charge on any atom is 0.236 e. The Labute approximate surface area is 138 Å². The zero-order valence-corrected chi connectivity index (χ0v) is 14.2. The van der Waals surface area contributed by atoms with Gasteiger partial charge in [0.05, 0.1) is 6.54 Å². The third-order valence-electron chi connectivity index (χ3n) is 5.00. The van der Waals surface area contributed by atoms with Crippen LogP contribution in [-0.2, 0) is 4.79 Å². The molecule has 0 N–H and O–H groups in total. The number of amides is 1.